The van der Waals surface area contributed by atoms with E-state index in [-0.39, 0.29) is 0 Å². The molecule has 18 heavy (non-hydrogen) atoms. The molecule has 1 saturated heterocycles. The predicted molar refractivity (Wildman–Crippen MR) is 75.6 cm³/mol. The molecule has 1 saturated carbocycles. The van der Waals surface area contributed by atoms with Crippen LogP contribution in [0, 0.1) is 11.8 Å². The third-order valence-corrected chi connectivity index (χ3v) is 5.16. The highest BCUT2D eigenvalue weighted by Crippen LogP contribution is 2.34. The van der Waals surface area contributed by atoms with Gasteiger partial charge in [0.1, 0.15) is 0 Å². The minimum absolute atomic E-state index is 0.444. The SMILES string of the molecule is CCC1CCC(CN)C(N2CCCC(OC)C2)C1. The molecule has 1 aliphatic heterocycles. The highest BCUT2D eigenvalue weighted by atomic mass is 16.5. The summed E-state index contributed by atoms with van der Waals surface area (Å²) < 4.78 is 5.56. The lowest BCUT2D eigenvalue weighted by molar-refractivity contribution is -0.0120. The molecule has 2 rings (SSSR count). The molecule has 0 radical (unpaired) electrons. The van der Waals surface area contributed by atoms with Crippen LogP contribution in [0.15, 0.2) is 0 Å². The molecule has 4 unspecified atom stereocenters. The topological polar surface area (TPSA) is 38.5 Å². The van der Waals surface area contributed by atoms with Crippen LogP contribution in [0.2, 0.25) is 0 Å². The van der Waals surface area contributed by atoms with E-state index in [0.717, 1.165) is 19.0 Å². The van der Waals surface area contributed by atoms with Crippen LogP contribution in [0.3, 0.4) is 0 Å². The van der Waals surface area contributed by atoms with E-state index < -0.39 is 0 Å². The second-order valence-electron chi connectivity index (χ2n) is 6.15. The Kier molecular flexibility index (Phi) is 5.46. The van der Waals surface area contributed by atoms with Crippen molar-refractivity contribution in [1.82, 2.24) is 4.90 Å². The molecule has 0 spiro atoms. The summed E-state index contributed by atoms with van der Waals surface area (Å²) in [6, 6.07) is 0.714. The quantitative estimate of drug-likeness (QED) is 0.836. The summed E-state index contributed by atoms with van der Waals surface area (Å²) in [7, 11) is 1.85. The monoisotopic (exact) mass is 254 g/mol. The first kappa shape index (κ1) is 14.3. The van der Waals surface area contributed by atoms with Crippen molar-refractivity contribution in [3.63, 3.8) is 0 Å². The molecule has 2 fully saturated rings. The fourth-order valence-corrected chi connectivity index (χ4v) is 3.85. The Morgan fingerprint density at radius 2 is 2.11 bits per heavy atom. The van der Waals surface area contributed by atoms with Crippen LogP contribution in [0.5, 0.6) is 0 Å². The van der Waals surface area contributed by atoms with Gasteiger partial charge in [0, 0.05) is 19.7 Å². The standard InChI is InChI=1S/C15H30N2O/c1-3-12-6-7-13(10-16)15(9-12)17-8-4-5-14(11-17)18-2/h12-15H,3-11,16H2,1-2H3. The third-order valence-electron chi connectivity index (χ3n) is 5.16. The van der Waals surface area contributed by atoms with Crippen LogP contribution in [-0.4, -0.2) is 43.8 Å². The first-order valence-electron chi connectivity index (χ1n) is 7.75. The van der Waals surface area contributed by atoms with Crippen molar-refractivity contribution in [2.75, 3.05) is 26.7 Å². The van der Waals surface area contributed by atoms with Crippen molar-refractivity contribution in [2.45, 2.75) is 57.6 Å². The lowest BCUT2D eigenvalue weighted by Crippen LogP contribution is -2.51. The van der Waals surface area contributed by atoms with E-state index in [9.17, 15) is 0 Å². The molecule has 1 heterocycles. The maximum Gasteiger partial charge on any atom is 0.0698 e. The second kappa shape index (κ2) is 6.88. The normalized spacial score (nSPS) is 38.8. The van der Waals surface area contributed by atoms with Gasteiger partial charge in [0.2, 0.25) is 0 Å². The van der Waals surface area contributed by atoms with Gasteiger partial charge in [-0.1, -0.05) is 19.8 Å². The maximum absolute atomic E-state index is 6.00. The molecule has 0 amide bonds. The van der Waals surface area contributed by atoms with Gasteiger partial charge in [0.25, 0.3) is 0 Å². The van der Waals surface area contributed by atoms with E-state index in [4.69, 9.17) is 10.5 Å². The average Bonchev–Trinajstić information content (AvgIpc) is 2.46. The first-order valence-corrected chi connectivity index (χ1v) is 7.75. The van der Waals surface area contributed by atoms with Crippen molar-refractivity contribution in [2.24, 2.45) is 17.6 Å². The molecule has 0 aromatic rings. The van der Waals surface area contributed by atoms with Crippen LogP contribution in [0.4, 0.5) is 0 Å². The second-order valence-corrected chi connectivity index (χ2v) is 6.15. The zero-order chi connectivity index (χ0) is 13.0. The number of hydrogen-bond acceptors (Lipinski definition) is 3. The summed E-state index contributed by atoms with van der Waals surface area (Å²) in [6.07, 6.45) is 8.35. The summed E-state index contributed by atoms with van der Waals surface area (Å²) in [5.74, 6) is 1.63. The minimum Gasteiger partial charge on any atom is -0.380 e. The Labute approximate surface area is 112 Å². The Bertz CT molecular complexity index is 247. The van der Waals surface area contributed by atoms with E-state index >= 15 is 0 Å². The summed E-state index contributed by atoms with van der Waals surface area (Å²) in [5, 5.41) is 0. The molecule has 2 aliphatic rings. The molecule has 3 heteroatoms. The molecule has 0 bridgehead atoms. The van der Waals surface area contributed by atoms with Crippen molar-refractivity contribution >= 4 is 0 Å². The van der Waals surface area contributed by atoms with Gasteiger partial charge in [-0.2, -0.15) is 0 Å². The van der Waals surface area contributed by atoms with Gasteiger partial charge >= 0.3 is 0 Å². The van der Waals surface area contributed by atoms with E-state index in [1.807, 2.05) is 7.11 Å². The van der Waals surface area contributed by atoms with Gasteiger partial charge in [-0.25, -0.2) is 0 Å². The molecular formula is C15H30N2O. The molecule has 0 aromatic carbocycles. The lowest BCUT2D eigenvalue weighted by atomic mass is 9.76. The fraction of sp³-hybridized carbons (Fsp3) is 1.00. The summed E-state index contributed by atoms with van der Waals surface area (Å²) >= 11 is 0. The molecule has 106 valence electrons. The van der Waals surface area contributed by atoms with Crippen LogP contribution < -0.4 is 5.73 Å². The van der Waals surface area contributed by atoms with Crippen molar-refractivity contribution in [3.05, 3.63) is 0 Å². The van der Waals surface area contributed by atoms with Crippen molar-refractivity contribution in [1.29, 1.82) is 0 Å². The van der Waals surface area contributed by atoms with E-state index in [1.165, 1.54) is 45.1 Å². The van der Waals surface area contributed by atoms with Crippen molar-refractivity contribution in [3.8, 4) is 0 Å². The lowest BCUT2D eigenvalue weighted by Gasteiger charge is -2.45. The zero-order valence-electron chi connectivity index (χ0n) is 12.1. The molecule has 1 aliphatic carbocycles. The zero-order valence-corrected chi connectivity index (χ0v) is 12.1. The summed E-state index contributed by atoms with van der Waals surface area (Å²) in [5.41, 5.74) is 6.00. The number of likely N-dealkylation sites (tertiary alicyclic amines) is 1. The highest BCUT2D eigenvalue weighted by Gasteiger charge is 2.35. The van der Waals surface area contributed by atoms with Crippen LogP contribution in [0.1, 0.15) is 45.4 Å². The Morgan fingerprint density at radius 1 is 1.28 bits per heavy atom. The molecule has 2 N–H and O–H groups in total. The smallest absolute Gasteiger partial charge is 0.0698 e. The fourth-order valence-electron chi connectivity index (χ4n) is 3.85. The number of methoxy groups -OCH3 is 1. The Morgan fingerprint density at radius 3 is 2.78 bits per heavy atom. The molecule has 4 atom stereocenters. The highest BCUT2D eigenvalue weighted by molar-refractivity contribution is 4.89. The van der Waals surface area contributed by atoms with Gasteiger partial charge in [0.15, 0.2) is 0 Å². The largest absolute Gasteiger partial charge is 0.380 e. The molecule has 0 aromatic heterocycles. The van der Waals surface area contributed by atoms with Gasteiger partial charge in [-0.05, 0) is 50.6 Å². The van der Waals surface area contributed by atoms with Crippen molar-refractivity contribution < 1.29 is 4.74 Å². The van der Waals surface area contributed by atoms with E-state index in [0.29, 0.717) is 18.1 Å². The average molecular weight is 254 g/mol. The van der Waals surface area contributed by atoms with E-state index in [2.05, 4.69) is 11.8 Å². The van der Waals surface area contributed by atoms with Gasteiger partial charge in [-0.15, -0.1) is 0 Å². The van der Waals surface area contributed by atoms with Gasteiger partial charge < -0.3 is 10.5 Å². The Balaban J connectivity index is 1.98. The number of nitrogens with two attached hydrogens (primary N) is 1. The van der Waals surface area contributed by atoms with E-state index in [1.54, 1.807) is 0 Å². The van der Waals surface area contributed by atoms with Crippen LogP contribution in [0.25, 0.3) is 0 Å². The predicted octanol–water partition coefficient (Wildman–Crippen LogP) is 2.25. The molecular weight excluding hydrogens is 224 g/mol. The number of hydrogen-bond donors (Lipinski definition) is 1. The van der Waals surface area contributed by atoms with Gasteiger partial charge in [0.05, 0.1) is 6.10 Å². The number of nitrogens with zero attached hydrogens (tertiary/aromatic N) is 1. The van der Waals surface area contributed by atoms with Crippen LogP contribution in [-0.2, 0) is 4.74 Å². The summed E-state index contributed by atoms with van der Waals surface area (Å²) in [4.78, 5) is 2.68. The Hall–Kier alpha value is -0.120. The summed E-state index contributed by atoms with van der Waals surface area (Å²) in [6.45, 7) is 5.56. The third kappa shape index (κ3) is 3.25. The molecule has 3 nitrogen and oxygen atoms in total. The van der Waals surface area contributed by atoms with Gasteiger partial charge in [-0.3, -0.25) is 4.90 Å². The first-order chi connectivity index (χ1) is 8.78. The minimum atomic E-state index is 0.444. The maximum atomic E-state index is 6.00. The number of rotatable bonds is 4. The number of ether oxygens (including phenoxy) is 1. The number of piperidine rings is 1. The van der Waals surface area contributed by atoms with Crippen LogP contribution >= 0.6 is 0 Å².